The first-order valence-corrected chi connectivity index (χ1v) is 28.2. The molecule has 0 amide bonds. The van der Waals surface area contributed by atoms with Gasteiger partial charge in [-0.2, -0.15) is 0 Å². The molecule has 15 nitrogen and oxygen atoms in total. The average molecular weight is 1030 g/mol. The maximum Gasteiger partial charge on any atom is 0.472 e. The number of unbranched alkanes of at least 4 members (excludes halogenated alkanes) is 9. The second kappa shape index (κ2) is 48.0. The lowest BCUT2D eigenvalue weighted by Crippen LogP contribution is -2.25. The van der Waals surface area contributed by atoms with E-state index in [9.17, 15) is 43.8 Å². The van der Waals surface area contributed by atoms with E-state index in [0.717, 1.165) is 96.3 Å². The Morgan fingerprint density at radius 1 is 0.386 bits per heavy atom. The summed E-state index contributed by atoms with van der Waals surface area (Å²) < 4.78 is 53.0. The SMILES string of the molecule is CC/C=C\C/C=C\C/C=C\C/C=C\C/C=C\C/C=C\CCCCC(=O)OCC(O)COP(=O)(O)OCC(O)COP(=O)(O)OCC(O)COC(=O)CCCCCC/C=C\C/C=C\C/C=C\CCCCC. The molecule has 0 bridgehead atoms. The van der Waals surface area contributed by atoms with Gasteiger partial charge in [-0.3, -0.25) is 27.7 Å². The van der Waals surface area contributed by atoms with E-state index in [1.165, 1.54) is 19.3 Å². The number of phosphoric ester groups is 2. The molecular formula is C53H88O15P2. The Morgan fingerprint density at radius 3 is 1.00 bits per heavy atom. The summed E-state index contributed by atoms with van der Waals surface area (Å²) in [5.74, 6) is -1.07. The van der Waals surface area contributed by atoms with Crippen molar-refractivity contribution in [1.82, 2.24) is 0 Å². The number of aliphatic hydroxyl groups is 3. The van der Waals surface area contributed by atoms with Gasteiger partial charge in [-0.05, 0) is 103 Å². The number of esters is 2. The first-order chi connectivity index (χ1) is 33.8. The quantitative estimate of drug-likeness (QED) is 0.0165. The van der Waals surface area contributed by atoms with Crippen molar-refractivity contribution in [3.05, 3.63) is 109 Å². The zero-order valence-electron chi connectivity index (χ0n) is 42.1. The molecule has 0 aliphatic rings. The fourth-order valence-electron chi connectivity index (χ4n) is 5.81. The Labute approximate surface area is 420 Å². The molecule has 0 aliphatic heterocycles. The van der Waals surface area contributed by atoms with Gasteiger partial charge in [0.15, 0.2) is 0 Å². The molecule has 0 aromatic rings. The molecule has 70 heavy (non-hydrogen) atoms. The Morgan fingerprint density at radius 2 is 0.657 bits per heavy atom. The van der Waals surface area contributed by atoms with Gasteiger partial charge in [-0.15, -0.1) is 0 Å². The number of hydrogen-bond acceptors (Lipinski definition) is 13. The van der Waals surface area contributed by atoms with Crippen LogP contribution in [0.4, 0.5) is 0 Å². The third kappa shape index (κ3) is 49.7. The lowest BCUT2D eigenvalue weighted by atomic mass is 10.1. The van der Waals surface area contributed by atoms with E-state index in [1.807, 2.05) is 0 Å². The fourth-order valence-corrected chi connectivity index (χ4v) is 7.40. The van der Waals surface area contributed by atoms with Crippen LogP contribution in [0, 0.1) is 0 Å². The van der Waals surface area contributed by atoms with Gasteiger partial charge in [0, 0.05) is 12.8 Å². The molecule has 0 rings (SSSR count). The molecule has 0 spiro atoms. The largest absolute Gasteiger partial charge is 0.472 e. The molecule has 0 heterocycles. The highest BCUT2D eigenvalue weighted by Gasteiger charge is 2.28. The van der Waals surface area contributed by atoms with Crippen molar-refractivity contribution in [2.45, 2.75) is 173 Å². The molecule has 0 aromatic heterocycles. The van der Waals surface area contributed by atoms with Crippen LogP contribution in [-0.4, -0.2) is 95.0 Å². The van der Waals surface area contributed by atoms with Gasteiger partial charge in [0.05, 0.1) is 26.4 Å². The first-order valence-electron chi connectivity index (χ1n) is 25.2. The minimum Gasteiger partial charge on any atom is -0.463 e. The summed E-state index contributed by atoms with van der Waals surface area (Å²) in [6.07, 6.45) is 53.6. The van der Waals surface area contributed by atoms with Gasteiger partial charge in [0.1, 0.15) is 31.5 Å². The molecule has 0 saturated carbocycles. The highest BCUT2D eigenvalue weighted by Crippen LogP contribution is 2.45. The van der Waals surface area contributed by atoms with Crippen LogP contribution in [0.15, 0.2) is 109 Å². The Balaban J connectivity index is 3.97. The van der Waals surface area contributed by atoms with Crippen molar-refractivity contribution in [2.24, 2.45) is 0 Å². The number of carbonyl (C=O) groups is 2. The molecule has 17 heteroatoms. The van der Waals surface area contributed by atoms with E-state index < -0.39 is 85.5 Å². The molecule has 5 N–H and O–H groups in total. The number of hydrogen-bond donors (Lipinski definition) is 5. The van der Waals surface area contributed by atoms with Gasteiger partial charge in [-0.25, -0.2) is 9.13 Å². The number of aliphatic hydroxyl groups excluding tert-OH is 3. The predicted molar refractivity (Wildman–Crippen MR) is 279 cm³/mol. The fraction of sp³-hybridized carbons (Fsp3) is 0.623. The number of allylic oxidation sites excluding steroid dienone is 18. The van der Waals surface area contributed by atoms with E-state index in [2.05, 4.69) is 141 Å². The minimum atomic E-state index is -4.81. The van der Waals surface area contributed by atoms with Crippen molar-refractivity contribution in [1.29, 1.82) is 0 Å². The number of ether oxygens (including phenoxy) is 2. The number of phosphoric acid groups is 2. The number of carbonyl (C=O) groups excluding carboxylic acids is 2. The summed E-state index contributed by atoms with van der Waals surface area (Å²) in [6.45, 7) is 0.173. The van der Waals surface area contributed by atoms with Gasteiger partial charge in [0.2, 0.25) is 0 Å². The molecule has 5 atom stereocenters. The second-order valence-corrected chi connectivity index (χ2v) is 19.3. The standard InChI is InChI=1S/C53H88O15P2/c1-3-5-7-9-11-13-15-17-19-21-22-23-24-26-28-30-32-34-36-38-40-42-53(58)64-44-50(55)46-66-70(61,62)68-48-51(56)47-67-69(59,60)65-45-49(54)43-63-52(57)41-39-37-35-33-31-29-27-25-20-18-16-14-12-10-8-6-4-2/h5,7,11-14,17-20,22-23,26-29,32,34,49-51,54-56H,3-4,6,8-10,15-16,21,24-25,30-31,33,35-48H2,1-2H3,(H,59,60)(H,61,62)/b7-5-,13-11-,14-12-,19-17-,20-18-,23-22-,28-26-,29-27-,34-32-. The zero-order valence-corrected chi connectivity index (χ0v) is 43.9. The maximum absolute atomic E-state index is 12.2. The molecule has 5 unspecified atom stereocenters. The van der Waals surface area contributed by atoms with Crippen LogP contribution in [0.5, 0.6) is 0 Å². The van der Waals surface area contributed by atoms with Crippen LogP contribution in [0.3, 0.4) is 0 Å². The van der Waals surface area contributed by atoms with Crippen LogP contribution in [0.25, 0.3) is 0 Å². The first kappa shape index (κ1) is 66.7. The minimum absolute atomic E-state index is 0.135. The van der Waals surface area contributed by atoms with Crippen molar-refractivity contribution in [2.75, 3.05) is 39.6 Å². The Hall–Kier alpha value is -3.30. The lowest BCUT2D eigenvalue weighted by molar-refractivity contribution is -0.148. The summed E-state index contributed by atoms with van der Waals surface area (Å²) >= 11 is 0. The highest BCUT2D eigenvalue weighted by atomic mass is 31.2. The van der Waals surface area contributed by atoms with Gasteiger partial charge in [0.25, 0.3) is 0 Å². The van der Waals surface area contributed by atoms with E-state index in [-0.39, 0.29) is 12.8 Å². The van der Waals surface area contributed by atoms with Crippen molar-refractivity contribution >= 4 is 27.6 Å². The van der Waals surface area contributed by atoms with E-state index >= 15 is 0 Å². The lowest BCUT2D eigenvalue weighted by Gasteiger charge is -2.19. The summed E-state index contributed by atoms with van der Waals surface area (Å²) in [5, 5.41) is 30.1. The second-order valence-electron chi connectivity index (χ2n) is 16.4. The zero-order chi connectivity index (χ0) is 51.7. The molecule has 0 fully saturated rings. The molecular weight excluding hydrogens is 939 g/mol. The molecule has 0 saturated heterocycles. The topological polar surface area (TPSA) is 225 Å². The summed E-state index contributed by atoms with van der Waals surface area (Å²) in [5.41, 5.74) is 0. The summed E-state index contributed by atoms with van der Waals surface area (Å²) in [6, 6.07) is 0. The molecule has 0 aromatic carbocycles. The highest BCUT2D eigenvalue weighted by molar-refractivity contribution is 7.47. The normalized spacial score (nSPS) is 15.8. The smallest absolute Gasteiger partial charge is 0.463 e. The summed E-state index contributed by atoms with van der Waals surface area (Å²) in [7, 11) is -9.61. The summed E-state index contributed by atoms with van der Waals surface area (Å²) in [4.78, 5) is 43.8. The molecule has 0 radical (unpaired) electrons. The van der Waals surface area contributed by atoms with Crippen LogP contribution in [-0.2, 0) is 46.3 Å². The van der Waals surface area contributed by atoms with Crippen LogP contribution in [0.2, 0.25) is 0 Å². The number of rotatable bonds is 47. The average Bonchev–Trinajstić information content (AvgIpc) is 3.34. The van der Waals surface area contributed by atoms with Gasteiger partial charge in [-0.1, -0.05) is 149 Å². The van der Waals surface area contributed by atoms with Crippen LogP contribution in [0.1, 0.15) is 155 Å². The van der Waals surface area contributed by atoms with Crippen molar-refractivity contribution < 1.29 is 71.4 Å². The van der Waals surface area contributed by atoms with Crippen molar-refractivity contribution in [3.63, 3.8) is 0 Å². The third-order valence-corrected chi connectivity index (χ3v) is 11.6. The maximum atomic E-state index is 12.2. The van der Waals surface area contributed by atoms with Gasteiger partial charge < -0.3 is 34.6 Å². The third-order valence-electron chi connectivity index (χ3n) is 9.71. The predicted octanol–water partition coefficient (Wildman–Crippen LogP) is 12.1. The Kier molecular flexibility index (Phi) is 45.7. The monoisotopic (exact) mass is 1030 g/mol. The van der Waals surface area contributed by atoms with Crippen LogP contribution >= 0.6 is 15.6 Å². The van der Waals surface area contributed by atoms with Gasteiger partial charge >= 0.3 is 27.6 Å². The van der Waals surface area contributed by atoms with Crippen LogP contribution < -0.4 is 0 Å². The van der Waals surface area contributed by atoms with E-state index in [0.29, 0.717) is 12.8 Å². The van der Waals surface area contributed by atoms with Crippen molar-refractivity contribution in [3.8, 4) is 0 Å². The Bertz CT molecular complexity index is 1670. The molecule has 0 aliphatic carbocycles. The van der Waals surface area contributed by atoms with E-state index in [4.69, 9.17) is 9.47 Å². The van der Waals surface area contributed by atoms with E-state index in [1.54, 1.807) is 0 Å². The molecule has 400 valence electrons.